The molecule has 0 aliphatic heterocycles. The summed E-state index contributed by atoms with van der Waals surface area (Å²) in [5, 5.41) is 8.94. The second kappa shape index (κ2) is 4.05. The maximum absolute atomic E-state index is 11.4. The summed E-state index contributed by atoms with van der Waals surface area (Å²) in [4.78, 5) is 22.3. The first-order valence-corrected chi connectivity index (χ1v) is 4.44. The molecular formula is C11H12O3. The number of ketones is 1. The number of benzene rings is 1. The van der Waals surface area contributed by atoms with Crippen LogP contribution in [-0.2, 0) is 0 Å². The number of aromatic carboxylic acids is 1. The summed E-state index contributed by atoms with van der Waals surface area (Å²) in [6, 6.07) is 4.95. The van der Waals surface area contributed by atoms with E-state index in [1.54, 1.807) is 32.0 Å². The lowest BCUT2D eigenvalue weighted by atomic mass is 9.98. The maximum atomic E-state index is 11.4. The minimum absolute atomic E-state index is 0.124. The van der Waals surface area contributed by atoms with Gasteiger partial charge in [-0.3, -0.25) is 4.79 Å². The topological polar surface area (TPSA) is 54.4 Å². The number of carbonyl (C=O) groups excluding carboxylic acids is 1. The van der Waals surface area contributed by atoms with Gasteiger partial charge in [-0.05, 0) is 12.5 Å². The number of rotatable bonds is 3. The third-order valence-corrected chi connectivity index (χ3v) is 2.11. The normalized spacial score (nSPS) is 9.86. The fourth-order valence-electron chi connectivity index (χ4n) is 1.37. The minimum Gasteiger partial charge on any atom is -0.478 e. The van der Waals surface area contributed by atoms with Crippen LogP contribution < -0.4 is 0 Å². The van der Waals surface area contributed by atoms with Crippen LogP contribution in [0.1, 0.15) is 39.6 Å². The van der Waals surface area contributed by atoms with Gasteiger partial charge in [-0.25, -0.2) is 4.79 Å². The monoisotopic (exact) mass is 192 g/mol. The van der Waals surface area contributed by atoms with E-state index in [1.165, 1.54) is 0 Å². The lowest BCUT2D eigenvalue weighted by molar-refractivity contribution is 0.0691. The molecule has 0 amide bonds. The Morgan fingerprint density at radius 2 is 2.00 bits per heavy atom. The van der Waals surface area contributed by atoms with Crippen molar-refractivity contribution in [3.8, 4) is 0 Å². The zero-order valence-electron chi connectivity index (χ0n) is 8.20. The minimum atomic E-state index is -1.04. The Kier molecular flexibility index (Phi) is 3.02. The molecule has 0 saturated carbocycles. The lowest BCUT2D eigenvalue weighted by Crippen LogP contribution is -2.09. The first-order valence-electron chi connectivity index (χ1n) is 4.44. The van der Waals surface area contributed by atoms with Crippen LogP contribution in [0.25, 0.3) is 0 Å². The molecule has 0 saturated heterocycles. The highest BCUT2D eigenvalue weighted by Crippen LogP contribution is 2.15. The molecule has 3 nitrogen and oxygen atoms in total. The summed E-state index contributed by atoms with van der Waals surface area (Å²) < 4.78 is 0. The van der Waals surface area contributed by atoms with Crippen LogP contribution in [0.2, 0.25) is 0 Å². The Morgan fingerprint density at radius 3 is 2.50 bits per heavy atom. The number of carbonyl (C=O) groups is 2. The van der Waals surface area contributed by atoms with E-state index in [1.807, 2.05) is 0 Å². The van der Waals surface area contributed by atoms with Gasteiger partial charge in [-0.1, -0.05) is 25.1 Å². The summed E-state index contributed by atoms with van der Waals surface area (Å²) in [6.45, 7) is 3.41. The summed E-state index contributed by atoms with van der Waals surface area (Å²) in [5.74, 6) is -1.17. The van der Waals surface area contributed by atoms with Gasteiger partial charge in [0.25, 0.3) is 0 Å². The average molecular weight is 192 g/mol. The molecule has 0 aliphatic rings. The summed E-state index contributed by atoms with van der Waals surface area (Å²) in [6.07, 6.45) is 0.323. The summed E-state index contributed by atoms with van der Waals surface area (Å²) in [5.41, 5.74) is 1.05. The van der Waals surface area contributed by atoms with Gasteiger partial charge in [0.2, 0.25) is 0 Å². The molecule has 0 atom stereocenters. The average Bonchev–Trinajstić information content (AvgIpc) is 2.15. The summed E-state index contributed by atoms with van der Waals surface area (Å²) >= 11 is 0. The number of aryl methyl sites for hydroxylation is 1. The van der Waals surface area contributed by atoms with Crippen molar-refractivity contribution in [2.24, 2.45) is 0 Å². The number of carboxylic acid groups (broad SMARTS) is 1. The van der Waals surface area contributed by atoms with Crippen molar-refractivity contribution in [1.82, 2.24) is 0 Å². The van der Waals surface area contributed by atoms with E-state index in [2.05, 4.69) is 0 Å². The smallest absolute Gasteiger partial charge is 0.336 e. The van der Waals surface area contributed by atoms with E-state index in [9.17, 15) is 9.59 Å². The summed E-state index contributed by atoms with van der Waals surface area (Å²) in [7, 11) is 0. The number of hydrogen-bond donors (Lipinski definition) is 1. The van der Waals surface area contributed by atoms with Crippen LogP contribution in [0.4, 0.5) is 0 Å². The molecular weight excluding hydrogens is 180 g/mol. The molecule has 1 aromatic carbocycles. The van der Waals surface area contributed by atoms with Gasteiger partial charge < -0.3 is 5.11 Å². The van der Waals surface area contributed by atoms with Crippen LogP contribution in [0.3, 0.4) is 0 Å². The predicted molar refractivity (Wildman–Crippen MR) is 52.8 cm³/mol. The highest BCUT2D eigenvalue weighted by molar-refractivity contribution is 6.06. The van der Waals surface area contributed by atoms with Crippen LogP contribution in [0.15, 0.2) is 18.2 Å². The Bertz CT molecular complexity index is 380. The van der Waals surface area contributed by atoms with Crippen molar-refractivity contribution in [3.05, 3.63) is 34.9 Å². The van der Waals surface area contributed by atoms with Crippen molar-refractivity contribution >= 4 is 11.8 Å². The lowest BCUT2D eigenvalue weighted by Gasteiger charge is -2.06. The van der Waals surface area contributed by atoms with Crippen molar-refractivity contribution < 1.29 is 14.7 Å². The molecule has 0 unspecified atom stereocenters. The molecule has 1 N–H and O–H groups in total. The molecule has 3 heteroatoms. The molecule has 0 heterocycles. The van der Waals surface area contributed by atoms with Gasteiger partial charge in [0.05, 0.1) is 5.56 Å². The zero-order chi connectivity index (χ0) is 10.7. The van der Waals surface area contributed by atoms with E-state index >= 15 is 0 Å². The molecule has 0 aromatic heterocycles. The van der Waals surface area contributed by atoms with Gasteiger partial charge in [0.15, 0.2) is 5.78 Å². The number of hydrogen-bond acceptors (Lipinski definition) is 2. The Hall–Kier alpha value is -1.64. The van der Waals surface area contributed by atoms with Crippen LogP contribution in [-0.4, -0.2) is 16.9 Å². The second-order valence-corrected chi connectivity index (χ2v) is 3.08. The van der Waals surface area contributed by atoms with Crippen LogP contribution in [0.5, 0.6) is 0 Å². The van der Waals surface area contributed by atoms with Crippen molar-refractivity contribution in [3.63, 3.8) is 0 Å². The SMILES string of the molecule is CCC(=O)c1cccc(C)c1C(=O)O. The van der Waals surface area contributed by atoms with Gasteiger partial charge in [0.1, 0.15) is 0 Å². The second-order valence-electron chi connectivity index (χ2n) is 3.08. The van der Waals surface area contributed by atoms with Crippen molar-refractivity contribution in [2.75, 3.05) is 0 Å². The molecule has 0 aliphatic carbocycles. The highest BCUT2D eigenvalue weighted by atomic mass is 16.4. The molecule has 0 bridgehead atoms. The van der Waals surface area contributed by atoms with Gasteiger partial charge >= 0.3 is 5.97 Å². The molecule has 14 heavy (non-hydrogen) atoms. The third kappa shape index (κ3) is 1.82. The fraction of sp³-hybridized carbons (Fsp3) is 0.273. The highest BCUT2D eigenvalue weighted by Gasteiger charge is 2.16. The van der Waals surface area contributed by atoms with E-state index in [0.29, 0.717) is 17.5 Å². The largest absolute Gasteiger partial charge is 0.478 e. The molecule has 0 fully saturated rings. The van der Waals surface area contributed by atoms with E-state index < -0.39 is 5.97 Å². The first-order chi connectivity index (χ1) is 6.57. The van der Waals surface area contributed by atoms with Gasteiger partial charge in [0, 0.05) is 12.0 Å². The van der Waals surface area contributed by atoms with Crippen molar-refractivity contribution in [1.29, 1.82) is 0 Å². The Balaban J connectivity index is 3.35. The van der Waals surface area contributed by atoms with E-state index in [-0.39, 0.29) is 11.3 Å². The number of Topliss-reactive ketones (excluding diaryl/α,β-unsaturated/α-hetero) is 1. The zero-order valence-corrected chi connectivity index (χ0v) is 8.20. The predicted octanol–water partition coefficient (Wildman–Crippen LogP) is 2.29. The Labute approximate surface area is 82.4 Å². The van der Waals surface area contributed by atoms with Gasteiger partial charge in [-0.15, -0.1) is 0 Å². The molecule has 1 aromatic rings. The Morgan fingerprint density at radius 1 is 1.36 bits per heavy atom. The maximum Gasteiger partial charge on any atom is 0.336 e. The fourth-order valence-corrected chi connectivity index (χ4v) is 1.37. The molecule has 0 radical (unpaired) electrons. The number of carboxylic acids is 1. The standard InChI is InChI=1S/C11H12O3/c1-3-9(12)8-6-4-5-7(2)10(8)11(13)14/h4-6H,3H2,1-2H3,(H,13,14). The first kappa shape index (κ1) is 10.4. The van der Waals surface area contributed by atoms with E-state index in [0.717, 1.165) is 0 Å². The molecule has 1 rings (SSSR count). The quantitative estimate of drug-likeness (QED) is 0.747. The van der Waals surface area contributed by atoms with Gasteiger partial charge in [-0.2, -0.15) is 0 Å². The van der Waals surface area contributed by atoms with Crippen LogP contribution in [0, 0.1) is 6.92 Å². The molecule has 0 spiro atoms. The third-order valence-electron chi connectivity index (χ3n) is 2.11. The van der Waals surface area contributed by atoms with Crippen molar-refractivity contribution in [2.45, 2.75) is 20.3 Å². The van der Waals surface area contributed by atoms with Crippen LogP contribution >= 0.6 is 0 Å². The van der Waals surface area contributed by atoms with E-state index in [4.69, 9.17) is 5.11 Å². The molecule has 74 valence electrons.